The van der Waals surface area contributed by atoms with E-state index in [-0.39, 0.29) is 5.91 Å². The predicted octanol–water partition coefficient (Wildman–Crippen LogP) is 2.42. The zero-order valence-corrected chi connectivity index (χ0v) is 15.6. The first-order valence-corrected chi connectivity index (χ1v) is 7.59. The molecule has 0 spiro atoms. The second-order valence-corrected chi connectivity index (χ2v) is 5.20. The molecule has 0 aliphatic heterocycles. The van der Waals surface area contributed by atoms with Crippen LogP contribution in [0.2, 0.25) is 0 Å². The summed E-state index contributed by atoms with van der Waals surface area (Å²) in [6, 6.07) is 0. The van der Waals surface area contributed by atoms with Crippen molar-refractivity contribution >= 4 is 11.9 Å². The Morgan fingerprint density at radius 2 is 1.52 bits per heavy atom. The number of nitrogens with one attached hydrogen (secondary N) is 3. The smallest absolute Gasteiger partial charge is 0.339 e. The lowest BCUT2D eigenvalue weighted by atomic mass is 10.2. The summed E-state index contributed by atoms with van der Waals surface area (Å²) in [5.41, 5.74) is 3.48. The van der Waals surface area contributed by atoms with Crippen LogP contribution in [0.25, 0.3) is 0 Å². The zero-order valence-electron chi connectivity index (χ0n) is 15.6. The number of carbonyl (C=O) groups excluding carboxylic acids is 2. The summed E-state index contributed by atoms with van der Waals surface area (Å²) in [4.78, 5) is 23.0. The topological polar surface area (TPSA) is 79.5 Å². The fraction of sp³-hybridized carbons (Fsp3) is 0.263. The van der Waals surface area contributed by atoms with Gasteiger partial charge in [-0.15, -0.1) is 0 Å². The molecule has 0 saturated heterocycles. The third kappa shape index (κ3) is 7.39. The monoisotopic (exact) mass is 345 g/mol. The van der Waals surface area contributed by atoms with Gasteiger partial charge in [-0.05, 0) is 32.9 Å². The molecule has 0 aromatic rings. The molecule has 0 aliphatic rings. The van der Waals surface area contributed by atoms with Gasteiger partial charge >= 0.3 is 5.97 Å². The summed E-state index contributed by atoms with van der Waals surface area (Å²) in [6.07, 6.45) is 4.67. The number of methoxy groups -OCH3 is 1. The van der Waals surface area contributed by atoms with Crippen LogP contribution in [0.1, 0.15) is 20.8 Å². The van der Waals surface area contributed by atoms with Crippen LogP contribution in [-0.4, -0.2) is 26.0 Å². The van der Waals surface area contributed by atoms with Gasteiger partial charge in [-0.2, -0.15) is 0 Å². The van der Waals surface area contributed by atoms with E-state index in [9.17, 15) is 9.59 Å². The van der Waals surface area contributed by atoms with E-state index in [0.717, 1.165) is 11.4 Å². The van der Waals surface area contributed by atoms with Gasteiger partial charge in [0.25, 0.3) is 0 Å². The van der Waals surface area contributed by atoms with Crippen LogP contribution < -0.4 is 16.0 Å². The molecule has 0 heterocycles. The van der Waals surface area contributed by atoms with Crippen molar-refractivity contribution in [2.75, 3.05) is 14.2 Å². The Morgan fingerprint density at radius 3 is 2.00 bits per heavy atom. The van der Waals surface area contributed by atoms with Gasteiger partial charge < -0.3 is 20.7 Å². The Kier molecular flexibility index (Phi) is 9.41. The lowest BCUT2D eigenvalue weighted by molar-refractivity contribution is -0.135. The van der Waals surface area contributed by atoms with Gasteiger partial charge in [0.1, 0.15) is 0 Å². The number of allylic oxidation sites excluding steroid dienone is 4. The molecular formula is C19H27N3O3. The second kappa shape index (κ2) is 10.7. The SMILES string of the molecule is C=C/C(C(=O)OC)=C(\C)N/C(C)=C(\C)NC(=C)/C=C\C(=C)C(=O)NC. The maximum atomic E-state index is 11.7. The van der Waals surface area contributed by atoms with E-state index in [1.54, 1.807) is 19.1 Å². The van der Waals surface area contributed by atoms with Crippen LogP contribution in [0, 0.1) is 0 Å². The maximum absolute atomic E-state index is 11.7. The van der Waals surface area contributed by atoms with Crippen molar-refractivity contribution in [3.63, 3.8) is 0 Å². The summed E-state index contributed by atoms with van der Waals surface area (Å²) in [5, 5.41) is 8.71. The summed E-state index contributed by atoms with van der Waals surface area (Å²) >= 11 is 0. The van der Waals surface area contributed by atoms with E-state index in [4.69, 9.17) is 4.74 Å². The van der Waals surface area contributed by atoms with Gasteiger partial charge in [0.2, 0.25) is 5.91 Å². The highest BCUT2D eigenvalue weighted by Gasteiger charge is 2.10. The molecule has 25 heavy (non-hydrogen) atoms. The van der Waals surface area contributed by atoms with E-state index in [1.807, 2.05) is 13.8 Å². The van der Waals surface area contributed by atoms with E-state index in [1.165, 1.54) is 20.2 Å². The number of carbonyl (C=O) groups is 2. The highest BCUT2D eigenvalue weighted by molar-refractivity contribution is 5.95. The summed E-state index contributed by atoms with van der Waals surface area (Å²) in [5.74, 6) is -0.715. The molecule has 0 fully saturated rings. The van der Waals surface area contributed by atoms with Crippen molar-refractivity contribution in [1.82, 2.24) is 16.0 Å². The van der Waals surface area contributed by atoms with E-state index < -0.39 is 5.97 Å². The average Bonchev–Trinajstić information content (AvgIpc) is 2.58. The van der Waals surface area contributed by atoms with E-state index in [2.05, 4.69) is 35.7 Å². The van der Waals surface area contributed by atoms with E-state index >= 15 is 0 Å². The Labute approximate surface area is 149 Å². The summed E-state index contributed by atoms with van der Waals surface area (Å²) in [7, 11) is 2.86. The highest BCUT2D eigenvalue weighted by Crippen LogP contribution is 2.09. The number of amides is 1. The van der Waals surface area contributed by atoms with E-state index in [0.29, 0.717) is 22.5 Å². The van der Waals surface area contributed by atoms with Crippen molar-refractivity contribution in [1.29, 1.82) is 0 Å². The first kappa shape index (κ1) is 22.0. The number of likely N-dealkylation sites (N-methyl/N-ethyl adjacent to an activating group) is 1. The third-order valence-electron chi connectivity index (χ3n) is 3.30. The third-order valence-corrected chi connectivity index (χ3v) is 3.30. The molecule has 0 rings (SSSR count). The van der Waals surface area contributed by atoms with Gasteiger partial charge in [0.05, 0.1) is 12.7 Å². The predicted molar refractivity (Wildman–Crippen MR) is 101 cm³/mol. The molecule has 0 radical (unpaired) electrons. The molecule has 6 heteroatoms. The first-order valence-electron chi connectivity index (χ1n) is 7.59. The summed E-state index contributed by atoms with van der Waals surface area (Å²) < 4.78 is 4.71. The van der Waals surface area contributed by atoms with Gasteiger partial charge in [0, 0.05) is 35.4 Å². The molecular weight excluding hydrogens is 318 g/mol. The fourth-order valence-electron chi connectivity index (χ4n) is 1.76. The molecule has 6 nitrogen and oxygen atoms in total. The van der Waals surface area contributed by atoms with Gasteiger partial charge in [0.15, 0.2) is 0 Å². The molecule has 136 valence electrons. The Balaban J connectivity index is 5.07. The molecule has 1 amide bonds. The fourth-order valence-corrected chi connectivity index (χ4v) is 1.76. The van der Waals surface area contributed by atoms with Crippen molar-refractivity contribution in [3.05, 3.63) is 71.9 Å². The molecule has 0 saturated carbocycles. The Hall–Kier alpha value is -3.02. The first-order chi connectivity index (χ1) is 11.7. The largest absolute Gasteiger partial charge is 0.465 e. The van der Waals surface area contributed by atoms with Crippen LogP contribution in [0.4, 0.5) is 0 Å². The minimum absolute atomic E-state index is 0.255. The van der Waals surface area contributed by atoms with Gasteiger partial charge in [-0.3, -0.25) is 4.79 Å². The maximum Gasteiger partial charge on any atom is 0.339 e. The number of rotatable bonds is 9. The Morgan fingerprint density at radius 1 is 0.960 bits per heavy atom. The van der Waals surface area contributed by atoms with Crippen molar-refractivity contribution < 1.29 is 14.3 Å². The molecule has 3 N–H and O–H groups in total. The van der Waals surface area contributed by atoms with Crippen molar-refractivity contribution in [2.24, 2.45) is 0 Å². The Bertz CT molecular complexity index is 667. The molecule has 0 unspecified atom stereocenters. The molecule has 0 bridgehead atoms. The lowest BCUT2D eigenvalue weighted by Crippen LogP contribution is -2.20. The van der Waals surface area contributed by atoms with Crippen LogP contribution in [-0.2, 0) is 14.3 Å². The van der Waals surface area contributed by atoms with Crippen LogP contribution in [0.5, 0.6) is 0 Å². The lowest BCUT2D eigenvalue weighted by Gasteiger charge is -2.15. The van der Waals surface area contributed by atoms with Crippen LogP contribution in [0.3, 0.4) is 0 Å². The normalized spacial score (nSPS) is 12.5. The molecule has 0 aliphatic carbocycles. The second-order valence-electron chi connectivity index (χ2n) is 5.20. The zero-order chi connectivity index (χ0) is 19.6. The van der Waals surface area contributed by atoms with Crippen LogP contribution in [0.15, 0.2) is 71.9 Å². The van der Waals surface area contributed by atoms with Crippen LogP contribution >= 0.6 is 0 Å². The van der Waals surface area contributed by atoms with Gasteiger partial charge in [-0.1, -0.05) is 25.8 Å². The minimum atomic E-state index is -0.460. The molecule has 0 aromatic heterocycles. The van der Waals surface area contributed by atoms with Crippen molar-refractivity contribution in [2.45, 2.75) is 20.8 Å². The molecule has 0 aromatic carbocycles. The molecule has 0 atom stereocenters. The number of ether oxygens (including phenoxy) is 1. The summed E-state index contributed by atoms with van der Waals surface area (Å²) in [6.45, 7) is 16.6. The standard InChI is InChI=1S/C19H27N3O3/c1-9-17(19(24)25-8)16(6)22-15(5)14(4)21-13(3)11-10-12(2)18(23)20-7/h9-11,21-22H,1-3H2,4-8H3,(H,20,23)/b11-10-,15-14+,17-16-. The number of esters is 1. The highest BCUT2D eigenvalue weighted by atomic mass is 16.5. The quantitative estimate of drug-likeness (QED) is 0.340. The minimum Gasteiger partial charge on any atom is -0.465 e. The average molecular weight is 345 g/mol. The van der Waals surface area contributed by atoms with Gasteiger partial charge in [-0.25, -0.2) is 4.79 Å². The number of hydrogen-bond donors (Lipinski definition) is 3. The number of hydrogen-bond acceptors (Lipinski definition) is 5. The van der Waals surface area contributed by atoms with Crippen molar-refractivity contribution in [3.8, 4) is 0 Å².